The zero-order valence-corrected chi connectivity index (χ0v) is 13.5. The molecule has 1 aromatic carbocycles. The van der Waals surface area contributed by atoms with Gasteiger partial charge in [-0.2, -0.15) is 0 Å². The molecule has 25 heavy (non-hydrogen) atoms. The Morgan fingerprint density at radius 3 is 2.52 bits per heavy atom. The fourth-order valence-corrected chi connectivity index (χ4v) is 2.06. The van der Waals surface area contributed by atoms with Gasteiger partial charge in [0.2, 0.25) is 0 Å². The third kappa shape index (κ3) is 7.04. The molecule has 0 bridgehead atoms. The van der Waals surface area contributed by atoms with Gasteiger partial charge >= 0.3 is 6.36 Å². The first kappa shape index (κ1) is 19.1. The van der Waals surface area contributed by atoms with Crippen molar-refractivity contribution in [2.24, 2.45) is 0 Å². The Labute approximate surface area is 143 Å². The summed E-state index contributed by atoms with van der Waals surface area (Å²) in [6.45, 7) is 0.864. The highest BCUT2D eigenvalue weighted by atomic mass is 19.4. The summed E-state index contributed by atoms with van der Waals surface area (Å²) in [7, 11) is 1.54. The summed E-state index contributed by atoms with van der Waals surface area (Å²) in [5, 5.41) is 3.12. The van der Waals surface area contributed by atoms with Crippen LogP contribution in [-0.4, -0.2) is 36.8 Å². The van der Waals surface area contributed by atoms with Gasteiger partial charge in [-0.3, -0.25) is 5.32 Å². The van der Waals surface area contributed by atoms with Crippen molar-refractivity contribution < 1.29 is 27.4 Å². The van der Waals surface area contributed by atoms with Crippen LogP contribution in [0.4, 0.5) is 13.2 Å². The van der Waals surface area contributed by atoms with Crippen LogP contribution < -0.4 is 10.1 Å². The molecule has 0 radical (unpaired) electrons. The van der Waals surface area contributed by atoms with Crippen LogP contribution in [0.5, 0.6) is 5.75 Å². The summed E-state index contributed by atoms with van der Waals surface area (Å²) in [5.41, 5.74) is 1.50. The minimum absolute atomic E-state index is 0.221. The molecule has 0 aliphatic carbocycles. The van der Waals surface area contributed by atoms with E-state index in [-0.39, 0.29) is 18.5 Å². The Balaban J connectivity index is 1.86. The third-order valence-corrected chi connectivity index (χ3v) is 3.17. The Bertz CT molecular complexity index is 624. The van der Waals surface area contributed by atoms with Crippen LogP contribution in [0.15, 0.2) is 42.9 Å². The SMILES string of the molecule is COCC(NCOCc1ccncn1)c1ccc(OC(F)(F)F)cc1. The van der Waals surface area contributed by atoms with Crippen molar-refractivity contribution in [1.82, 2.24) is 15.3 Å². The molecule has 2 rings (SSSR count). The lowest BCUT2D eigenvalue weighted by atomic mass is 10.1. The molecular weight excluding hydrogens is 339 g/mol. The number of alkyl halides is 3. The Morgan fingerprint density at radius 1 is 1.16 bits per heavy atom. The number of halogens is 3. The quantitative estimate of drug-likeness (QED) is 0.550. The second kappa shape index (κ2) is 9.30. The summed E-state index contributed by atoms with van der Waals surface area (Å²) < 4.78 is 51.0. The topological polar surface area (TPSA) is 65.5 Å². The molecule has 6 nitrogen and oxygen atoms in total. The number of methoxy groups -OCH3 is 1. The van der Waals surface area contributed by atoms with Crippen molar-refractivity contribution >= 4 is 0 Å². The maximum atomic E-state index is 12.2. The standard InChI is InChI=1S/C16H18F3N3O3/c1-23-9-15(22-11-24-8-13-6-7-20-10-21-13)12-2-4-14(5-3-12)25-16(17,18)19/h2-7,10,15,22H,8-9,11H2,1H3. The average Bonchev–Trinajstić information content (AvgIpc) is 2.58. The summed E-state index contributed by atoms with van der Waals surface area (Å²) in [4.78, 5) is 7.85. The highest BCUT2D eigenvalue weighted by Crippen LogP contribution is 2.24. The summed E-state index contributed by atoms with van der Waals surface area (Å²) in [6, 6.07) is 7.11. The fourth-order valence-electron chi connectivity index (χ4n) is 2.06. The second-order valence-corrected chi connectivity index (χ2v) is 5.02. The van der Waals surface area contributed by atoms with Crippen LogP contribution in [0.25, 0.3) is 0 Å². The van der Waals surface area contributed by atoms with Crippen molar-refractivity contribution in [2.75, 3.05) is 20.4 Å². The van der Waals surface area contributed by atoms with Crippen molar-refractivity contribution in [2.45, 2.75) is 19.0 Å². The van der Waals surface area contributed by atoms with Gasteiger partial charge in [0, 0.05) is 13.3 Å². The molecule has 0 fully saturated rings. The number of hydrogen-bond donors (Lipinski definition) is 1. The minimum atomic E-state index is -4.71. The van der Waals surface area contributed by atoms with E-state index in [1.807, 2.05) is 0 Å². The maximum Gasteiger partial charge on any atom is 0.573 e. The maximum absolute atomic E-state index is 12.2. The Morgan fingerprint density at radius 2 is 1.92 bits per heavy atom. The third-order valence-electron chi connectivity index (χ3n) is 3.17. The zero-order valence-electron chi connectivity index (χ0n) is 13.5. The molecular formula is C16H18F3N3O3. The molecule has 136 valence electrons. The van der Waals surface area contributed by atoms with E-state index in [2.05, 4.69) is 20.0 Å². The van der Waals surface area contributed by atoms with E-state index in [1.54, 1.807) is 24.4 Å². The van der Waals surface area contributed by atoms with Crippen LogP contribution in [0.2, 0.25) is 0 Å². The number of nitrogens with one attached hydrogen (secondary N) is 1. The summed E-state index contributed by atoms with van der Waals surface area (Å²) in [5.74, 6) is -0.271. The number of hydrogen-bond acceptors (Lipinski definition) is 6. The molecule has 1 aromatic heterocycles. The highest BCUT2D eigenvalue weighted by Gasteiger charge is 2.31. The summed E-state index contributed by atoms with van der Waals surface area (Å²) in [6.07, 6.45) is -1.65. The average molecular weight is 357 g/mol. The number of nitrogens with zero attached hydrogens (tertiary/aromatic N) is 2. The normalized spacial score (nSPS) is 12.8. The number of benzene rings is 1. The first-order valence-electron chi connectivity index (χ1n) is 7.38. The number of ether oxygens (including phenoxy) is 3. The fraction of sp³-hybridized carbons (Fsp3) is 0.375. The van der Waals surface area contributed by atoms with E-state index in [9.17, 15) is 13.2 Å². The van der Waals surface area contributed by atoms with Gasteiger partial charge in [-0.05, 0) is 23.8 Å². The monoisotopic (exact) mass is 357 g/mol. The molecule has 0 aliphatic heterocycles. The molecule has 9 heteroatoms. The summed E-state index contributed by atoms with van der Waals surface area (Å²) >= 11 is 0. The van der Waals surface area contributed by atoms with Gasteiger partial charge in [-0.25, -0.2) is 9.97 Å². The van der Waals surface area contributed by atoms with Crippen molar-refractivity contribution in [3.05, 3.63) is 54.1 Å². The number of rotatable bonds is 9. The second-order valence-electron chi connectivity index (χ2n) is 5.02. The molecule has 1 N–H and O–H groups in total. The van der Waals surface area contributed by atoms with E-state index < -0.39 is 6.36 Å². The van der Waals surface area contributed by atoms with Crippen molar-refractivity contribution in [3.8, 4) is 5.75 Å². The van der Waals surface area contributed by atoms with E-state index in [0.717, 1.165) is 11.3 Å². The van der Waals surface area contributed by atoms with Crippen LogP contribution in [0, 0.1) is 0 Å². The van der Waals surface area contributed by atoms with E-state index in [4.69, 9.17) is 9.47 Å². The molecule has 1 unspecified atom stereocenters. The molecule has 1 heterocycles. The van der Waals surface area contributed by atoms with Gasteiger partial charge in [0.25, 0.3) is 0 Å². The predicted octanol–water partition coefficient (Wildman–Crippen LogP) is 2.83. The first-order valence-corrected chi connectivity index (χ1v) is 7.38. The first-order chi connectivity index (χ1) is 12.0. The molecule has 0 amide bonds. The Kier molecular flexibility index (Phi) is 7.11. The highest BCUT2D eigenvalue weighted by molar-refractivity contribution is 5.29. The Hall–Kier alpha value is -2.23. The van der Waals surface area contributed by atoms with Crippen LogP contribution in [-0.2, 0) is 16.1 Å². The predicted molar refractivity (Wildman–Crippen MR) is 82.6 cm³/mol. The van der Waals surface area contributed by atoms with Gasteiger partial charge in [0.05, 0.1) is 31.7 Å². The largest absolute Gasteiger partial charge is 0.573 e. The smallest absolute Gasteiger partial charge is 0.406 e. The lowest BCUT2D eigenvalue weighted by Crippen LogP contribution is -2.27. The molecule has 2 aromatic rings. The van der Waals surface area contributed by atoms with Gasteiger partial charge in [0.1, 0.15) is 12.1 Å². The van der Waals surface area contributed by atoms with Crippen molar-refractivity contribution in [3.63, 3.8) is 0 Å². The van der Waals surface area contributed by atoms with Crippen LogP contribution >= 0.6 is 0 Å². The molecule has 0 spiro atoms. The van der Waals surface area contributed by atoms with Gasteiger partial charge in [-0.1, -0.05) is 12.1 Å². The van der Waals surface area contributed by atoms with Crippen LogP contribution in [0.1, 0.15) is 17.3 Å². The minimum Gasteiger partial charge on any atom is -0.406 e. The van der Waals surface area contributed by atoms with E-state index in [1.165, 1.54) is 25.6 Å². The van der Waals surface area contributed by atoms with E-state index in [0.29, 0.717) is 13.2 Å². The lowest BCUT2D eigenvalue weighted by Gasteiger charge is -2.19. The van der Waals surface area contributed by atoms with Gasteiger partial charge < -0.3 is 14.2 Å². The van der Waals surface area contributed by atoms with Gasteiger partial charge in [0.15, 0.2) is 0 Å². The molecule has 0 saturated carbocycles. The lowest BCUT2D eigenvalue weighted by molar-refractivity contribution is -0.274. The van der Waals surface area contributed by atoms with E-state index >= 15 is 0 Å². The van der Waals surface area contributed by atoms with Crippen LogP contribution in [0.3, 0.4) is 0 Å². The van der Waals surface area contributed by atoms with Gasteiger partial charge in [-0.15, -0.1) is 13.2 Å². The zero-order chi connectivity index (χ0) is 18.1. The number of aromatic nitrogens is 2. The molecule has 1 atom stereocenters. The van der Waals surface area contributed by atoms with Crippen molar-refractivity contribution in [1.29, 1.82) is 0 Å². The molecule has 0 saturated heterocycles. The molecule has 0 aliphatic rings.